The lowest BCUT2D eigenvalue weighted by Gasteiger charge is -2.31. The van der Waals surface area contributed by atoms with E-state index in [9.17, 15) is 4.79 Å². The van der Waals surface area contributed by atoms with E-state index in [4.69, 9.17) is 26.4 Å². The molecule has 0 bridgehead atoms. The molecule has 1 saturated heterocycles. The molecule has 0 saturated carbocycles. The van der Waals surface area contributed by atoms with Crippen LogP contribution < -0.4 is 19.1 Å². The zero-order valence-corrected chi connectivity index (χ0v) is 17.1. The molecule has 0 aromatic heterocycles. The van der Waals surface area contributed by atoms with E-state index in [1.165, 1.54) is 0 Å². The minimum absolute atomic E-state index is 0.0330. The molecule has 0 spiro atoms. The minimum atomic E-state index is -0.330. The van der Waals surface area contributed by atoms with Gasteiger partial charge in [0.2, 0.25) is 0 Å². The molecule has 146 valence electrons. The number of hydrogen-bond donors (Lipinski definition) is 0. The van der Waals surface area contributed by atoms with Gasteiger partial charge >= 0.3 is 0 Å². The van der Waals surface area contributed by atoms with Crippen LogP contribution in [0.3, 0.4) is 0 Å². The van der Waals surface area contributed by atoms with Crippen LogP contribution in [0.4, 0.5) is 5.69 Å². The van der Waals surface area contributed by atoms with Crippen LogP contribution in [-0.2, 0) is 17.8 Å². The quantitative estimate of drug-likeness (QED) is 0.738. The molecule has 2 heterocycles. The number of ether oxygens (including phenoxy) is 3. The number of aryl methyl sites for hydroxylation is 1. The highest BCUT2D eigenvalue weighted by molar-refractivity contribution is 7.80. The average Bonchev–Trinajstić information content (AvgIpc) is 2.94. The first-order valence-corrected chi connectivity index (χ1v) is 9.42. The van der Waals surface area contributed by atoms with Crippen LogP contribution in [0.5, 0.6) is 17.2 Å². The van der Waals surface area contributed by atoms with Gasteiger partial charge in [0, 0.05) is 13.0 Å². The first-order valence-electron chi connectivity index (χ1n) is 9.01. The number of thiocarbonyl (C=S) groups is 1. The van der Waals surface area contributed by atoms with Gasteiger partial charge in [0.05, 0.1) is 27.0 Å². The van der Waals surface area contributed by atoms with Crippen LogP contribution in [0.1, 0.15) is 16.7 Å². The lowest BCUT2D eigenvalue weighted by atomic mass is 9.94. The van der Waals surface area contributed by atoms with Crippen molar-refractivity contribution >= 4 is 28.9 Å². The molecule has 1 atom stereocenters. The van der Waals surface area contributed by atoms with Gasteiger partial charge in [0.1, 0.15) is 11.8 Å². The number of amides is 1. The van der Waals surface area contributed by atoms with Gasteiger partial charge in [-0.25, -0.2) is 0 Å². The third-order valence-electron chi connectivity index (χ3n) is 5.35. The van der Waals surface area contributed by atoms with Gasteiger partial charge in [0.15, 0.2) is 16.6 Å². The molecular formula is C21H22N2O4S. The lowest BCUT2D eigenvalue weighted by Crippen LogP contribution is -2.40. The maximum atomic E-state index is 13.3. The van der Waals surface area contributed by atoms with Crippen molar-refractivity contribution in [2.75, 3.05) is 26.2 Å². The van der Waals surface area contributed by atoms with Crippen LogP contribution in [0.2, 0.25) is 0 Å². The third-order valence-corrected chi connectivity index (χ3v) is 5.77. The van der Waals surface area contributed by atoms with Crippen LogP contribution in [0, 0.1) is 6.92 Å². The Labute approximate surface area is 169 Å². The van der Waals surface area contributed by atoms with Gasteiger partial charge in [-0.1, -0.05) is 6.07 Å². The average molecular weight is 398 g/mol. The molecule has 0 aliphatic carbocycles. The molecule has 2 aliphatic heterocycles. The Morgan fingerprint density at radius 1 is 0.964 bits per heavy atom. The molecule has 0 radical (unpaired) electrons. The van der Waals surface area contributed by atoms with E-state index in [2.05, 4.69) is 0 Å². The first-order chi connectivity index (χ1) is 13.5. The van der Waals surface area contributed by atoms with Gasteiger partial charge in [-0.15, -0.1) is 0 Å². The summed E-state index contributed by atoms with van der Waals surface area (Å²) >= 11 is 5.71. The predicted molar refractivity (Wildman–Crippen MR) is 110 cm³/mol. The molecule has 2 aromatic rings. The summed E-state index contributed by atoms with van der Waals surface area (Å²) in [6.07, 6.45) is 0.569. The minimum Gasteiger partial charge on any atom is -0.495 e. The number of benzene rings is 2. The molecule has 4 rings (SSSR count). The summed E-state index contributed by atoms with van der Waals surface area (Å²) in [5.41, 5.74) is 3.88. The second kappa shape index (κ2) is 6.98. The fraction of sp³-hybridized carbons (Fsp3) is 0.333. The zero-order chi connectivity index (χ0) is 20.0. The number of nitrogens with zero attached hydrogens (tertiary/aromatic N) is 2. The molecule has 2 aromatic carbocycles. The molecule has 6 nitrogen and oxygen atoms in total. The van der Waals surface area contributed by atoms with Crippen molar-refractivity contribution in [3.05, 3.63) is 47.0 Å². The van der Waals surface area contributed by atoms with E-state index in [1.54, 1.807) is 26.2 Å². The van der Waals surface area contributed by atoms with Gasteiger partial charge < -0.3 is 19.1 Å². The summed E-state index contributed by atoms with van der Waals surface area (Å²) in [7, 11) is 4.83. The second-order valence-corrected chi connectivity index (χ2v) is 7.32. The van der Waals surface area contributed by atoms with Crippen LogP contribution in [0.25, 0.3) is 0 Å². The normalized spacial score (nSPS) is 18.1. The third kappa shape index (κ3) is 2.77. The van der Waals surface area contributed by atoms with E-state index in [1.807, 2.05) is 42.2 Å². The van der Waals surface area contributed by atoms with Crippen molar-refractivity contribution < 1.29 is 19.0 Å². The predicted octanol–water partition coefficient (Wildman–Crippen LogP) is 3.08. The fourth-order valence-electron chi connectivity index (χ4n) is 3.90. The number of anilines is 1. The highest BCUT2D eigenvalue weighted by Gasteiger charge is 2.46. The van der Waals surface area contributed by atoms with E-state index >= 15 is 0 Å². The number of fused-ring (bicyclic) bond motifs is 2. The molecular weight excluding hydrogens is 376 g/mol. The smallest absolute Gasteiger partial charge is 0.256 e. The molecule has 28 heavy (non-hydrogen) atoms. The second-order valence-electron chi connectivity index (χ2n) is 6.96. The van der Waals surface area contributed by atoms with Crippen LogP contribution >= 0.6 is 12.2 Å². The summed E-state index contributed by atoms with van der Waals surface area (Å²) < 4.78 is 16.3. The summed E-state index contributed by atoms with van der Waals surface area (Å²) in [6.45, 7) is 2.53. The molecule has 7 heteroatoms. The van der Waals surface area contributed by atoms with Gasteiger partial charge in [-0.05, 0) is 60.1 Å². The topological polar surface area (TPSA) is 51.2 Å². The summed E-state index contributed by atoms with van der Waals surface area (Å²) in [4.78, 5) is 16.9. The monoisotopic (exact) mass is 398 g/mol. The molecule has 1 fully saturated rings. The van der Waals surface area contributed by atoms with Crippen LogP contribution in [0.15, 0.2) is 30.3 Å². The van der Waals surface area contributed by atoms with Crippen molar-refractivity contribution in [1.29, 1.82) is 0 Å². The van der Waals surface area contributed by atoms with E-state index < -0.39 is 0 Å². The Bertz CT molecular complexity index is 924. The van der Waals surface area contributed by atoms with Crippen molar-refractivity contribution in [1.82, 2.24) is 4.90 Å². The first kappa shape index (κ1) is 18.6. The Hall–Kier alpha value is -2.80. The Balaban J connectivity index is 1.73. The van der Waals surface area contributed by atoms with Gasteiger partial charge in [-0.2, -0.15) is 0 Å². The highest BCUT2D eigenvalue weighted by atomic mass is 32.1. The maximum Gasteiger partial charge on any atom is 0.256 e. The van der Waals surface area contributed by atoms with Crippen molar-refractivity contribution in [2.45, 2.75) is 25.9 Å². The van der Waals surface area contributed by atoms with E-state index in [0.717, 1.165) is 16.7 Å². The maximum absolute atomic E-state index is 13.3. The number of methoxy groups -OCH3 is 3. The molecule has 0 N–H and O–H groups in total. The Morgan fingerprint density at radius 3 is 2.25 bits per heavy atom. The largest absolute Gasteiger partial charge is 0.495 e. The standard InChI is InChI=1S/C21H22N2O4S/c1-12-5-6-17(25-2)15(7-12)23-20(24)16-8-13-9-18(26-3)19(27-4)10-14(13)11-22(16)21(23)28/h5-7,9-10,16H,8,11H2,1-4H3/t16-/m1/s1. The van der Waals surface area contributed by atoms with Crippen molar-refractivity contribution in [3.8, 4) is 17.2 Å². The Morgan fingerprint density at radius 2 is 1.61 bits per heavy atom. The summed E-state index contributed by atoms with van der Waals surface area (Å²) in [5, 5.41) is 0.499. The molecule has 1 amide bonds. The SMILES string of the molecule is COc1cc2c(cc1OC)CN1C(=S)N(c3cc(C)ccc3OC)C(=O)[C@H]1C2. The zero-order valence-electron chi connectivity index (χ0n) is 16.3. The van der Waals surface area contributed by atoms with Gasteiger partial charge in [-0.3, -0.25) is 9.69 Å². The fourth-order valence-corrected chi connectivity index (χ4v) is 4.28. The number of carbonyl (C=O) groups is 1. The summed E-state index contributed by atoms with van der Waals surface area (Å²) in [6, 6.07) is 9.34. The van der Waals surface area contributed by atoms with E-state index in [0.29, 0.717) is 41.0 Å². The molecule has 0 unspecified atom stereocenters. The summed E-state index contributed by atoms with van der Waals surface area (Å²) in [5.74, 6) is 1.93. The number of rotatable bonds is 4. The molecule has 2 aliphatic rings. The van der Waals surface area contributed by atoms with E-state index in [-0.39, 0.29) is 11.9 Å². The number of hydrogen-bond acceptors (Lipinski definition) is 5. The van der Waals surface area contributed by atoms with Crippen molar-refractivity contribution in [3.63, 3.8) is 0 Å². The lowest BCUT2D eigenvalue weighted by molar-refractivity contribution is -0.120. The van der Waals surface area contributed by atoms with Gasteiger partial charge in [0.25, 0.3) is 5.91 Å². The van der Waals surface area contributed by atoms with Crippen LogP contribution in [-0.4, -0.2) is 43.3 Å². The van der Waals surface area contributed by atoms with Crippen molar-refractivity contribution in [2.24, 2.45) is 0 Å². The number of carbonyl (C=O) groups excluding carboxylic acids is 1. The Kier molecular flexibility index (Phi) is 4.63. The highest BCUT2D eigenvalue weighted by Crippen LogP contribution is 2.40.